The average molecular weight is 242 g/mol. The van der Waals surface area contributed by atoms with E-state index in [9.17, 15) is 4.79 Å². The van der Waals surface area contributed by atoms with E-state index < -0.39 is 0 Å². The van der Waals surface area contributed by atoms with Crippen LogP contribution in [0.4, 0.5) is 0 Å². The SMILES string of the molecule is CC1COC(CO)CN1C(=O)[C@@H]1CCCCN1. The lowest BCUT2D eigenvalue weighted by atomic mass is 10.0. The van der Waals surface area contributed by atoms with Crippen molar-refractivity contribution >= 4 is 5.91 Å². The molecule has 0 saturated carbocycles. The van der Waals surface area contributed by atoms with Gasteiger partial charge in [-0.25, -0.2) is 0 Å². The predicted molar refractivity (Wildman–Crippen MR) is 63.6 cm³/mol. The van der Waals surface area contributed by atoms with Crippen LogP contribution in [-0.4, -0.2) is 60.4 Å². The molecule has 5 nitrogen and oxygen atoms in total. The molecule has 0 aromatic heterocycles. The summed E-state index contributed by atoms with van der Waals surface area (Å²) in [6.07, 6.45) is 2.97. The second kappa shape index (κ2) is 5.80. The van der Waals surface area contributed by atoms with E-state index in [0.717, 1.165) is 25.8 Å². The van der Waals surface area contributed by atoms with Crippen molar-refractivity contribution in [2.45, 2.75) is 44.4 Å². The lowest BCUT2D eigenvalue weighted by Gasteiger charge is -2.40. The molecule has 3 atom stereocenters. The number of hydrogen-bond acceptors (Lipinski definition) is 4. The van der Waals surface area contributed by atoms with E-state index in [1.54, 1.807) is 0 Å². The van der Waals surface area contributed by atoms with Gasteiger partial charge in [0.25, 0.3) is 0 Å². The number of morpholine rings is 1. The van der Waals surface area contributed by atoms with Crippen LogP contribution in [-0.2, 0) is 9.53 Å². The van der Waals surface area contributed by atoms with Gasteiger partial charge < -0.3 is 20.1 Å². The molecule has 0 bridgehead atoms. The van der Waals surface area contributed by atoms with Crippen LogP contribution in [0.15, 0.2) is 0 Å². The van der Waals surface area contributed by atoms with Gasteiger partial charge in [0.1, 0.15) is 0 Å². The zero-order valence-electron chi connectivity index (χ0n) is 10.4. The summed E-state index contributed by atoms with van der Waals surface area (Å²) in [5, 5.41) is 12.4. The molecule has 2 aliphatic heterocycles. The van der Waals surface area contributed by atoms with E-state index in [1.165, 1.54) is 0 Å². The van der Waals surface area contributed by atoms with Crippen molar-refractivity contribution in [2.24, 2.45) is 0 Å². The first kappa shape index (κ1) is 12.8. The van der Waals surface area contributed by atoms with E-state index in [4.69, 9.17) is 9.84 Å². The molecule has 0 radical (unpaired) electrons. The number of amides is 1. The third-order valence-electron chi connectivity index (χ3n) is 3.60. The van der Waals surface area contributed by atoms with Crippen molar-refractivity contribution in [1.29, 1.82) is 0 Å². The molecule has 0 spiro atoms. The number of carbonyl (C=O) groups is 1. The minimum Gasteiger partial charge on any atom is -0.394 e. The molecule has 0 aromatic rings. The van der Waals surface area contributed by atoms with Crippen molar-refractivity contribution in [3.8, 4) is 0 Å². The monoisotopic (exact) mass is 242 g/mol. The smallest absolute Gasteiger partial charge is 0.240 e. The fourth-order valence-electron chi connectivity index (χ4n) is 2.50. The predicted octanol–water partition coefficient (Wildman–Crippen LogP) is -0.263. The van der Waals surface area contributed by atoms with Gasteiger partial charge in [-0.3, -0.25) is 4.79 Å². The fourth-order valence-corrected chi connectivity index (χ4v) is 2.50. The first-order chi connectivity index (χ1) is 8.22. The molecule has 2 unspecified atom stereocenters. The van der Waals surface area contributed by atoms with Gasteiger partial charge >= 0.3 is 0 Å². The summed E-state index contributed by atoms with van der Waals surface area (Å²) in [6.45, 7) is 3.93. The number of nitrogens with one attached hydrogen (secondary N) is 1. The van der Waals surface area contributed by atoms with E-state index in [-0.39, 0.29) is 30.7 Å². The fraction of sp³-hybridized carbons (Fsp3) is 0.917. The van der Waals surface area contributed by atoms with Gasteiger partial charge in [-0.2, -0.15) is 0 Å². The maximum atomic E-state index is 12.4. The summed E-state index contributed by atoms with van der Waals surface area (Å²) < 4.78 is 5.44. The molecule has 0 aliphatic carbocycles. The van der Waals surface area contributed by atoms with E-state index in [0.29, 0.717) is 13.2 Å². The van der Waals surface area contributed by atoms with Crippen molar-refractivity contribution in [1.82, 2.24) is 10.2 Å². The number of ether oxygens (including phenoxy) is 1. The van der Waals surface area contributed by atoms with Crippen LogP contribution in [0.2, 0.25) is 0 Å². The third kappa shape index (κ3) is 2.97. The summed E-state index contributed by atoms with van der Waals surface area (Å²) in [5.74, 6) is 0.166. The molecule has 5 heteroatoms. The quantitative estimate of drug-likeness (QED) is 0.700. The summed E-state index contributed by atoms with van der Waals surface area (Å²) >= 11 is 0. The number of hydrogen-bond donors (Lipinski definition) is 2. The normalized spacial score (nSPS) is 34.7. The van der Waals surface area contributed by atoms with E-state index in [2.05, 4.69) is 5.32 Å². The molecule has 2 aliphatic rings. The average Bonchev–Trinajstić information content (AvgIpc) is 2.39. The van der Waals surface area contributed by atoms with Gasteiger partial charge in [-0.05, 0) is 26.3 Å². The van der Waals surface area contributed by atoms with Gasteiger partial charge in [0, 0.05) is 6.54 Å². The number of aliphatic hydroxyl groups is 1. The minimum absolute atomic E-state index is 0.0193. The second-order valence-corrected chi connectivity index (χ2v) is 4.98. The second-order valence-electron chi connectivity index (χ2n) is 4.98. The number of rotatable bonds is 2. The Morgan fingerprint density at radius 1 is 1.53 bits per heavy atom. The molecule has 0 aromatic carbocycles. The Hall–Kier alpha value is -0.650. The summed E-state index contributed by atoms with van der Waals surface area (Å²) in [4.78, 5) is 14.2. The lowest BCUT2D eigenvalue weighted by molar-refractivity contribution is -0.148. The molecular formula is C12H22N2O3. The van der Waals surface area contributed by atoms with Gasteiger partial charge in [-0.1, -0.05) is 6.42 Å². The zero-order chi connectivity index (χ0) is 12.3. The molecule has 2 heterocycles. The van der Waals surface area contributed by atoms with Gasteiger partial charge in [0.05, 0.1) is 31.4 Å². The summed E-state index contributed by atoms with van der Waals surface area (Å²) in [7, 11) is 0. The number of nitrogens with zero attached hydrogens (tertiary/aromatic N) is 1. The molecule has 1 amide bonds. The van der Waals surface area contributed by atoms with E-state index in [1.807, 2.05) is 11.8 Å². The van der Waals surface area contributed by atoms with Crippen LogP contribution >= 0.6 is 0 Å². The Labute approximate surface area is 102 Å². The standard InChI is InChI=1S/C12H22N2O3/c1-9-8-17-10(7-15)6-14(9)12(16)11-4-2-3-5-13-11/h9-11,13,15H,2-8H2,1H3/t9?,10?,11-/m0/s1. The highest BCUT2D eigenvalue weighted by Gasteiger charge is 2.33. The first-order valence-corrected chi connectivity index (χ1v) is 6.48. The first-order valence-electron chi connectivity index (χ1n) is 6.48. The van der Waals surface area contributed by atoms with Crippen LogP contribution in [0, 0.1) is 0 Å². The minimum atomic E-state index is -0.223. The number of carbonyl (C=O) groups excluding carboxylic acids is 1. The number of aliphatic hydroxyl groups excluding tert-OH is 1. The molecule has 2 saturated heterocycles. The van der Waals surface area contributed by atoms with Crippen LogP contribution in [0.25, 0.3) is 0 Å². The van der Waals surface area contributed by atoms with Crippen molar-refractivity contribution in [3.63, 3.8) is 0 Å². The topological polar surface area (TPSA) is 61.8 Å². The van der Waals surface area contributed by atoms with Crippen LogP contribution in [0.5, 0.6) is 0 Å². The van der Waals surface area contributed by atoms with Gasteiger partial charge in [0.2, 0.25) is 5.91 Å². The van der Waals surface area contributed by atoms with Crippen molar-refractivity contribution < 1.29 is 14.6 Å². The maximum Gasteiger partial charge on any atom is 0.240 e. The molecule has 2 N–H and O–H groups in total. The maximum absolute atomic E-state index is 12.4. The van der Waals surface area contributed by atoms with Crippen LogP contribution < -0.4 is 5.32 Å². The molecule has 17 heavy (non-hydrogen) atoms. The summed E-state index contributed by atoms with van der Waals surface area (Å²) in [6, 6.07) is 0.0673. The van der Waals surface area contributed by atoms with Crippen LogP contribution in [0.3, 0.4) is 0 Å². The lowest BCUT2D eigenvalue weighted by Crippen LogP contribution is -2.57. The third-order valence-corrected chi connectivity index (χ3v) is 3.60. The Bertz CT molecular complexity index is 266. The summed E-state index contributed by atoms with van der Waals surface area (Å²) in [5.41, 5.74) is 0. The molecule has 2 rings (SSSR count). The molecule has 2 fully saturated rings. The Morgan fingerprint density at radius 2 is 2.35 bits per heavy atom. The van der Waals surface area contributed by atoms with Crippen LogP contribution in [0.1, 0.15) is 26.2 Å². The highest BCUT2D eigenvalue weighted by molar-refractivity contribution is 5.82. The highest BCUT2D eigenvalue weighted by atomic mass is 16.5. The number of piperidine rings is 1. The Balaban J connectivity index is 1.95. The van der Waals surface area contributed by atoms with Crippen molar-refractivity contribution in [2.75, 3.05) is 26.3 Å². The zero-order valence-corrected chi connectivity index (χ0v) is 10.4. The van der Waals surface area contributed by atoms with Crippen molar-refractivity contribution in [3.05, 3.63) is 0 Å². The molecule has 98 valence electrons. The van der Waals surface area contributed by atoms with Gasteiger partial charge in [-0.15, -0.1) is 0 Å². The van der Waals surface area contributed by atoms with E-state index >= 15 is 0 Å². The largest absolute Gasteiger partial charge is 0.394 e. The molecular weight excluding hydrogens is 220 g/mol. The Kier molecular flexibility index (Phi) is 4.36. The Morgan fingerprint density at radius 3 is 3.00 bits per heavy atom. The van der Waals surface area contributed by atoms with Gasteiger partial charge in [0.15, 0.2) is 0 Å². The highest BCUT2D eigenvalue weighted by Crippen LogP contribution is 2.16.